The van der Waals surface area contributed by atoms with Crippen LogP contribution in [0.3, 0.4) is 0 Å². The minimum Gasteiger partial charge on any atom is -0.339 e. The van der Waals surface area contributed by atoms with Crippen molar-refractivity contribution >= 4 is 16.9 Å². The van der Waals surface area contributed by atoms with Crippen LogP contribution in [0.15, 0.2) is 30.6 Å². The van der Waals surface area contributed by atoms with Gasteiger partial charge in [0.2, 0.25) is 0 Å². The number of nitrogens with zero attached hydrogens (tertiary/aromatic N) is 3. The molecule has 0 saturated carbocycles. The summed E-state index contributed by atoms with van der Waals surface area (Å²) in [7, 11) is 0. The van der Waals surface area contributed by atoms with E-state index in [1.54, 1.807) is 12.4 Å². The maximum atomic E-state index is 12.5. The molecule has 1 aromatic carbocycles. The van der Waals surface area contributed by atoms with E-state index in [0.717, 1.165) is 37.0 Å². The molecule has 2 N–H and O–H groups in total. The van der Waals surface area contributed by atoms with Gasteiger partial charge in [-0.1, -0.05) is 0 Å². The summed E-state index contributed by atoms with van der Waals surface area (Å²) < 4.78 is 0. The van der Waals surface area contributed by atoms with Gasteiger partial charge < -0.3 is 10.6 Å². The summed E-state index contributed by atoms with van der Waals surface area (Å²) in [5, 5.41) is 0. The fourth-order valence-electron chi connectivity index (χ4n) is 2.65. The first-order valence-corrected chi connectivity index (χ1v) is 6.98. The molecule has 2 heterocycles. The number of piperidine rings is 1. The molecule has 0 spiro atoms. The molecule has 2 aromatic rings. The van der Waals surface area contributed by atoms with Crippen molar-refractivity contribution in [3.05, 3.63) is 36.2 Å². The molecule has 0 unspecified atom stereocenters. The Labute approximate surface area is 117 Å². The number of rotatable bonds is 2. The molecule has 0 bridgehead atoms. The quantitative estimate of drug-likeness (QED) is 0.896. The minimum atomic E-state index is 0.0769. The second kappa shape index (κ2) is 5.54. The van der Waals surface area contributed by atoms with E-state index >= 15 is 0 Å². The second-order valence-corrected chi connectivity index (χ2v) is 5.23. The highest BCUT2D eigenvalue weighted by atomic mass is 16.2. The molecule has 0 radical (unpaired) electrons. The number of aromatic nitrogens is 2. The summed E-state index contributed by atoms with van der Waals surface area (Å²) >= 11 is 0. The summed E-state index contributed by atoms with van der Waals surface area (Å²) in [6.45, 7) is 2.30. The molecule has 1 aliphatic rings. The zero-order valence-electron chi connectivity index (χ0n) is 11.3. The first kappa shape index (κ1) is 13.0. The maximum Gasteiger partial charge on any atom is 0.253 e. The molecular weight excluding hydrogens is 252 g/mol. The molecule has 0 aliphatic carbocycles. The van der Waals surface area contributed by atoms with Gasteiger partial charge in [-0.15, -0.1) is 0 Å². The number of hydrogen-bond acceptors (Lipinski definition) is 4. The molecule has 3 rings (SSSR count). The summed E-state index contributed by atoms with van der Waals surface area (Å²) in [4.78, 5) is 22.9. The van der Waals surface area contributed by atoms with Crippen LogP contribution >= 0.6 is 0 Å². The molecule has 1 fully saturated rings. The van der Waals surface area contributed by atoms with Gasteiger partial charge in [-0.25, -0.2) is 0 Å². The van der Waals surface area contributed by atoms with Gasteiger partial charge in [0, 0.05) is 31.0 Å². The molecule has 5 nitrogen and oxygen atoms in total. The van der Waals surface area contributed by atoms with Crippen LogP contribution in [0.25, 0.3) is 11.0 Å². The molecule has 5 heteroatoms. The fourth-order valence-corrected chi connectivity index (χ4v) is 2.65. The van der Waals surface area contributed by atoms with Crippen LogP contribution in [-0.4, -0.2) is 40.4 Å². The Kier molecular flexibility index (Phi) is 3.60. The number of carbonyl (C=O) groups is 1. The maximum absolute atomic E-state index is 12.5. The van der Waals surface area contributed by atoms with Gasteiger partial charge in [0.1, 0.15) is 0 Å². The smallest absolute Gasteiger partial charge is 0.253 e. The topological polar surface area (TPSA) is 72.1 Å². The van der Waals surface area contributed by atoms with E-state index in [2.05, 4.69) is 9.97 Å². The van der Waals surface area contributed by atoms with Crippen molar-refractivity contribution in [2.45, 2.75) is 12.8 Å². The van der Waals surface area contributed by atoms with Crippen LogP contribution in [0.5, 0.6) is 0 Å². The SMILES string of the molecule is NCC1CCN(C(=O)c2ccc3nccnc3c2)CC1. The highest BCUT2D eigenvalue weighted by molar-refractivity contribution is 5.97. The third-order valence-corrected chi connectivity index (χ3v) is 3.95. The summed E-state index contributed by atoms with van der Waals surface area (Å²) in [6.07, 6.45) is 5.29. The van der Waals surface area contributed by atoms with Gasteiger partial charge in [-0.3, -0.25) is 14.8 Å². The Balaban J connectivity index is 1.79. The Morgan fingerprint density at radius 1 is 1.20 bits per heavy atom. The van der Waals surface area contributed by atoms with Crippen LogP contribution in [0.2, 0.25) is 0 Å². The molecule has 1 amide bonds. The minimum absolute atomic E-state index is 0.0769. The first-order valence-electron chi connectivity index (χ1n) is 6.98. The number of amides is 1. The summed E-state index contributed by atoms with van der Waals surface area (Å²) in [5.41, 5.74) is 7.93. The standard InChI is InChI=1S/C15H18N4O/c16-10-11-3-7-19(8-4-11)15(20)12-1-2-13-14(9-12)18-6-5-17-13/h1-2,5-6,9,11H,3-4,7-8,10,16H2. The van der Waals surface area contributed by atoms with Crippen molar-refractivity contribution in [2.24, 2.45) is 11.7 Å². The second-order valence-electron chi connectivity index (χ2n) is 5.23. The number of fused-ring (bicyclic) bond motifs is 1. The van der Waals surface area contributed by atoms with Crippen LogP contribution in [0, 0.1) is 5.92 Å². The molecule has 20 heavy (non-hydrogen) atoms. The third kappa shape index (κ3) is 2.49. The summed E-state index contributed by atoms with van der Waals surface area (Å²) in [5.74, 6) is 0.634. The molecule has 1 saturated heterocycles. The number of nitrogens with two attached hydrogens (primary N) is 1. The molecule has 0 atom stereocenters. The number of benzene rings is 1. The van der Waals surface area contributed by atoms with E-state index in [1.807, 2.05) is 23.1 Å². The Morgan fingerprint density at radius 2 is 1.90 bits per heavy atom. The van der Waals surface area contributed by atoms with Crippen LogP contribution in [0.4, 0.5) is 0 Å². The van der Waals surface area contributed by atoms with Crippen LogP contribution in [0.1, 0.15) is 23.2 Å². The Hall–Kier alpha value is -2.01. The lowest BCUT2D eigenvalue weighted by Gasteiger charge is -2.31. The van der Waals surface area contributed by atoms with Gasteiger partial charge >= 0.3 is 0 Å². The van der Waals surface area contributed by atoms with E-state index in [4.69, 9.17) is 5.73 Å². The first-order chi connectivity index (χ1) is 9.78. The van der Waals surface area contributed by atoms with E-state index in [0.29, 0.717) is 18.0 Å². The van der Waals surface area contributed by atoms with Gasteiger partial charge in [0.25, 0.3) is 5.91 Å². The van der Waals surface area contributed by atoms with Crippen molar-refractivity contribution in [3.8, 4) is 0 Å². The monoisotopic (exact) mass is 270 g/mol. The molecule has 104 valence electrons. The van der Waals surface area contributed by atoms with Crippen molar-refractivity contribution in [1.82, 2.24) is 14.9 Å². The highest BCUT2D eigenvalue weighted by Gasteiger charge is 2.22. The Morgan fingerprint density at radius 3 is 2.60 bits per heavy atom. The average molecular weight is 270 g/mol. The van der Waals surface area contributed by atoms with Crippen LogP contribution in [-0.2, 0) is 0 Å². The third-order valence-electron chi connectivity index (χ3n) is 3.95. The zero-order valence-corrected chi connectivity index (χ0v) is 11.3. The lowest BCUT2D eigenvalue weighted by Crippen LogP contribution is -2.40. The van der Waals surface area contributed by atoms with E-state index in [9.17, 15) is 4.79 Å². The number of carbonyl (C=O) groups excluding carboxylic acids is 1. The molecule has 1 aliphatic heterocycles. The van der Waals surface area contributed by atoms with Gasteiger partial charge in [-0.05, 0) is 43.5 Å². The highest BCUT2D eigenvalue weighted by Crippen LogP contribution is 2.19. The number of hydrogen-bond donors (Lipinski definition) is 1. The van der Waals surface area contributed by atoms with E-state index < -0.39 is 0 Å². The zero-order chi connectivity index (χ0) is 13.9. The van der Waals surface area contributed by atoms with Gasteiger partial charge in [0.05, 0.1) is 11.0 Å². The van der Waals surface area contributed by atoms with Crippen molar-refractivity contribution in [2.75, 3.05) is 19.6 Å². The average Bonchev–Trinajstić information content (AvgIpc) is 2.54. The van der Waals surface area contributed by atoms with E-state index in [-0.39, 0.29) is 5.91 Å². The van der Waals surface area contributed by atoms with Gasteiger partial charge in [-0.2, -0.15) is 0 Å². The molecule has 1 aromatic heterocycles. The van der Waals surface area contributed by atoms with Crippen LogP contribution < -0.4 is 5.73 Å². The predicted molar refractivity (Wildman–Crippen MR) is 77.2 cm³/mol. The largest absolute Gasteiger partial charge is 0.339 e. The van der Waals surface area contributed by atoms with Crippen molar-refractivity contribution in [1.29, 1.82) is 0 Å². The lowest BCUT2D eigenvalue weighted by atomic mass is 9.96. The van der Waals surface area contributed by atoms with Crippen molar-refractivity contribution in [3.63, 3.8) is 0 Å². The summed E-state index contributed by atoms with van der Waals surface area (Å²) in [6, 6.07) is 5.50. The van der Waals surface area contributed by atoms with E-state index in [1.165, 1.54) is 0 Å². The molecular formula is C15H18N4O. The fraction of sp³-hybridized carbons (Fsp3) is 0.400. The van der Waals surface area contributed by atoms with Crippen molar-refractivity contribution < 1.29 is 4.79 Å². The van der Waals surface area contributed by atoms with Gasteiger partial charge in [0.15, 0.2) is 0 Å². The normalized spacial score (nSPS) is 16.6. The predicted octanol–water partition coefficient (Wildman–Crippen LogP) is 1.44. The number of likely N-dealkylation sites (tertiary alicyclic amines) is 1. The Bertz CT molecular complexity index is 620. The lowest BCUT2D eigenvalue weighted by molar-refractivity contribution is 0.0693.